The second-order valence-corrected chi connectivity index (χ2v) is 7.44. The molecule has 0 unspecified atom stereocenters. The lowest BCUT2D eigenvalue weighted by molar-refractivity contribution is -0.135. The Morgan fingerprint density at radius 1 is 0.893 bits per heavy atom. The molecule has 3 aromatic carbocycles. The van der Waals surface area contributed by atoms with Crippen molar-refractivity contribution in [3.05, 3.63) is 77.9 Å². The molecule has 1 aliphatic rings. The van der Waals surface area contributed by atoms with Gasteiger partial charge in [0.25, 0.3) is 5.91 Å². The van der Waals surface area contributed by atoms with Gasteiger partial charge >= 0.3 is 0 Å². The first-order valence-corrected chi connectivity index (χ1v) is 9.85. The van der Waals surface area contributed by atoms with Crippen molar-refractivity contribution in [2.75, 3.05) is 32.8 Å². The SMILES string of the molecule is Cc1ccc(CN2CCN(C(=O)COc3ccc4ccccc4c3)CC2)cc1. The molecule has 4 nitrogen and oxygen atoms in total. The van der Waals surface area contributed by atoms with Gasteiger partial charge in [-0.1, -0.05) is 60.2 Å². The summed E-state index contributed by atoms with van der Waals surface area (Å²) in [6, 6.07) is 22.8. The quantitative estimate of drug-likeness (QED) is 0.680. The average molecular weight is 374 g/mol. The lowest BCUT2D eigenvalue weighted by atomic mass is 10.1. The molecule has 1 heterocycles. The Bertz CT molecular complexity index is 944. The molecule has 0 atom stereocenters. The highest BCUT2D eigenvalue weighted by atomic mass is 16.5. The van der Waals surface area contributed by atoms with Crippen LogP contribution in [0.3, 0.4) is 0 Å². The van der Waals surface area contributed by atoms with Crippen LogP contribution < -0.4 is 4.74 Å². The standard InChI is InChI=1S/C24H26N2O2/c1-19-6-8-20(9-7-19)17-25-12-14-26(15-13-25)24(27)18-28-23-11-10-21-4-2-3-5-22(21)16-23/h2-11,16H,12-15,17-18H2,1H3. The number of benzene rings is 3. The van der Waals surface area contributed by atoms with Gasteiger partial charge in [-0.05, 0) is 35.4 Å². The maximum absolute atomic E-state index is 12.5. The number of ether oxygens (including phenoxy) is 1. The molecule has 0 N–H and O–H groups in total. The number of rotatable bonds is 5. The fourth-order valence-corrected chi connectivity index (χ4v) is 3.60. The summed E-state index contributed by atoms with van der Waals surface area (Å²) in [5, 5.41) is 2.29. The monoisotopic (exact) mass is 374 g/mol. The number of carbonyl (C=O) groups is 1. The Kier molecular flexibility index (Phi) is 5.58. The van der Waals surface area contributed by atoms with Gasteiger partial charge in [-0.15, -0.1) is 0 Å². The van der Waals surface area contributed by atoms with Crippen molar-refractivity contribution < 1.29 is 9.53 Å². The van der Waals surface area contributed by atoms with Crippen LogP contribution in [0.2, 0.25) is 0 Å². The first kappa shape index (κ1) is 18.5. The zero-order valence-corrected chi connectivity index (χ0v) is 16.3. The van der Waals surface area contributed by atoms with Gasteiger partial charge in [0.05, 0.1) is 0 Å². The van der Waals surface area contributed by atoms with E-state index in [0.29, 0.717) is 0 Å². The number of amides is 1. The zero-order chi connectivity index (χ0) is 19.3. The van der Waals surface area contributed by atoms with Gasteiger partial charge in [0, 0.05) is 32.7 Å². The van der Waals surface area contributed by atoms with Crippen molar-refractivity contribution in [2.24, 2.45) is 0 Å². The van der Waals surface area contributed by atoms with Gasteiger partial charge in [0.1, 0.15) is 5.75 Å². The number of nitrogens with zero attached hydrogens (tertiary/aromatic N) is 2. The summed E-state index contributed by atoms with van der Waals surface area (Å²) in [6.45, 7) is 6.45. The van der Waals surface area contributed by atoms with E-state index >= 15 is 0 Å². The van der Waals surface area contributed by atoms with E-state index in [1.54, 1.807) is 0 Å². The van der Waals surface area contributed by atoms with E-state index in [9.17, 15) is 4.79 Å². The lowest BCUT2D eigenvalue weighted by Gasteiger charge is -2.34. The molecule has 4 heteroatoms. The minimum atomic E-state index is 0.0585. The highest BCUT2D eigenvalue weighted by Gasteiger charge is 2.21. The van der Waals surface area contributed by atoms with Gasteiger partial charge in [0.15, 0.2) is 6.61 Å². The second-order valence-electron chi connectivity index (χ2n) is 7.44. The summed E-state index contributed by atoms with van der Waals surface area (Å²) < 4.78 is 5.76. The lowest BCUT2D eigenvalue weighted by Crippen LogP contribution is -2.49. The molecule has 0 aliphatic carbocycles. The van der Waals surface area contributed by atoms with Crippen LogP contribution in [-0.2, 0) is 11.3 Å². The molecule has 0 spiro atoms. The minimum Gasteiger partial charge on any atom is -0.484 e. The fourth-order valence-electron chi connectivity index (χ4n) is 3.60. The molecule has 0 bridgehead atoms. The average Bonchev–Trinajstić information content (AvgIpc) is 2.74. The number of aryl methyl sites for hydroxylation is 1. The Hall–Kier alpha value is -2.85. The molecule has 144 valence electrons. The predicted octanol–water partition coefficient (Wildman–Crippen LogP) is 3.87. The normalized spacial score (nSPS) is 15.0. The second kappa shape index (κ2) is 8.44. The van der Waals surface area contributed by atoms with Crippen LogP contribution in [0.1, 0.15) is 11.1 Å². The molecular weight excluding hydrogens is 348 g/mol. The smallest absolute Gasteiger partial charge is 0.260 e. The van der Waals surface area contributed by atoms with E-state index < -0.39 is 0 Å². The Labute approximate surface area is 166 Å². The fraction of sp³-hybridized carbons (Fsp3) is 0.292. The van der Waals surface area contributed by atoms with E-state index in [1.807, 2.05) is 35.2 Å². The minimum absolute atomic E-state index is 0.0585. The Morgan fingerprint density at radius 2 is 1.61 bits per heavy atom. The first-order chi connectivity index (χ1) is 13.7. The van der Waals surface area contributed by atoms with E-state index in [2.05, 4.69) is 48.2 Å². The van der Waals surface area contributed by atoms with Crippen molar-refractivity contribution in [3.8, 4) is 5.75 Å². The molecule has 4 rings (SSSR count). The largest absolute Gasteiger partial charge is 0.484 e. The van der Waals surface area contributed by atoms with Crippen molar-refractivity contribution in [1.29, 1.82) is 0 Å². The summed E-state index contributed by atoms with van der Waals surface area (Å²) in [4.78, 5) is 16.8. The Morgan fingerprint density at radius 3 is 2.36 bits per heavy atom. The third-order valence-corrected chi connectivity index (χ3v) is 5.34. The van der Waals surface area contributed by atoms with Gasteiger partial charge in [0.2, 0.25) is 0 Å². The summed E-state index contributed by atoms with van der Waals surface area (Å²) >= 11 is 0. The van der Waals surface area contributed by atoms with Gasteiger partial charge in [-0.2, -0.15) is 0 Å². The van der Waals surface area contributed by atoms with Gasteiger partial charge < -0.3 is 9.64 Å². The number of carbonyl (C=O) groups excluding carboxylic acids is 1. The third kappa shape index (κ3) is 4.52. The Balaban J connectivity index is 1.26. The van der Waals surface area contributed by atoms with Gasteiger partial charge in [-0.25, -0.2) is 0 Å². The summed E-state index contributed by atoms with van der Waals surface area (Å²) in [6.07, 6.45) is 0. The van der Waals surface area contributed by atoms with Gasteiger partial charge in [-0.3, -0.25) is 9.69 Å². The highest BCUT2D eigenvalue weighted by molar-refractivity contribution is 5.84. The number of piperazine rings is 1. The van der Waals surface area contributed by atoms with E-state index in [-0.39, 0.29) is 12.5 Å². The highest BCUT2D eigenvalue weighted by Crippen LogP contribution is 2.20. The summed E-state index contributed by atoms with van der Waals surface area (Å²) in [5.41, 5.74) is 2.61. The van der Waals surface area contributed by atoms with Crippen LogP contribution in [0.5, 0.6) is 5.75 Å². The molecule has 28 heavy (non-hydrogen) atoms. The molecule has 0 saturated carbocycles. The zero-order valence-electron chi connectivity index (χ0n) is 16.3. The number of hydrogen-bond donors (Lipinski definition) is 0. The number of hydrogen-bond acceptors (Lipinski definition) is 3. The van der Waals surface area contributed by atoms with Crippen LogP contribution in [0.15, 0.2) is 66.7 Å². The first-order valence-electron chi connectivity index (χ1n) is 9.85. The molecular formula is C24H26N2O2. The molecule has 1 amide bonds. The third-order valence-electron chi connectivity index (χ3n) is 5.34. The predicted molar refractivity (Wildman–Crippen MR) is 112 cm³/mol. The van der Waals surface area contributed by atoms with E-state index in [4.69, 9.17) is 4.74 Å². The van der Waals surface area contributed by atoms with Crippen LogP contribution in [-0.4, -0.2) is 48.5 Å². The number of fused-ring (bicyclic) bond motifs is 1. The van der Waals surface area contributed by atoms with E-state index in [1.165, 1.54) is 16.5 Å². The van der Waals surface area contributed by atoms with Crippen molar-refractivity contribution in [3.63, 3.8) is 0 Å². The van der Waals surface area contributed by atoms with Crippen molar-refractivity contribution in [1.82, 2.24) is 9.80 Å². The molecule has 3 aromatic rings. The molecule has 0 radical (unpaired) electrons. The molecule has 1 saturated heterocycles. The van der Waals surface area contributed by atoms with Crippen LogP contribution in [0.25, 0.3) is 10.8 Å². The molecule has 1 fully saturated rings. The summed E-state index contributed by atoms with van der Waals surface area (Å²) in [7, 11) is 0. The topological polar surface area (TPSA) is 32.8 Å². The molecule has 0 aromatic heterocycles. The molecule has 1 aliphatic heterocycles. The van der Waals surface area contributed by atoms with Crippen molar-refractivity contribution in [2.45, 2.75) is 13.5 Å². The van der Waals surface area contributed by atoms with Crippen LogP contribution in [0, 0.1) is 6.92 Å². The van der Waals surface area contributed by atoms with Crippen LogP contribution >= 0.6 is 0 Å². The van der Waals surface area contributed by atoms with E-state index in [0.717, 1.165) is 43.9 Å². The van der Waals surface area contributed by atoms with Crippen molar-refractivity contribution >= 4 is 16.7 Å². The summed E-state index contributed by atoms with van der Waals surface area (Å²) in [5.74, 6) is 0.799. The van der Waals surface area contributed by atoms with Crippen LogP contribution in [0.4, 0.5) is 0 Å². The maximum atomic E-state index is 12.5. The maximum Gasteiger partial charge on any atom is 0.260 e.